The van der Waals surface area contributed by atoms with Crippen LogP contribution in [-0.4, -0.2) is 27.6 Å². The summed E-state index contributed by atoms with van der Waals surface area (Å²) in [5.41, 5.74) is 2.51. The van der Waals surface area contributed by atoms with Gasteiger partial charge >= 0.3 is 0 Å². The van der Waals surface area contributed by atoms with Crippen molar-refractivity contribution in [3.8, 4) is 23.0 Å². The highest BCUT2D eigenvalue weighted by Gasteiger charge is 2.15. The maximum Gasteiger partial charge on any atom is 0.255 e. The SMILES string of the molecule is CCCCOc1cccc(C(=O)Nc2ccc(O)c(-c3nc4cnccc4o3)c2)c1. The normalized spacial score (nSPS) is 10.8. The standard InChI is InChI=1S/C23H21N3O4/c1-2-3-11-29-17-6-4-5-15(12-17)22(28)25-16-7-8-20(27)18(13-16)23-26-19-14-24-10-9-21(19)30-23/h4-10,12-14,27H,2-3,11H2,1H3,(H,25,28). The molecular weight excluding hydrogens is 382 g/mol. The molecule has 0 aliphatic heterocycles. The van der Waals surface area contributed by atoms with Crippen molar-refractivity contribution in [2.75, 3.05) is 11.9 Å². The lowest BCUT2D eigenvalue weighted by atomic mass is 10.1. The third-order valence-corrected chi connectivity index (χ3v) is 4.54. The second-order valence-electron chi connectivity index (χ2n) is 6.78. The van der Waals surface area contributed by atoms with Crippen molar-refractivity contribution >= 4 is 22.7 Å². The maximum atomic E-state index is 12.7. The summed E-state index contributed by atoms with van der Waals surface area (Å²) in [7, 11) is 0. The fourth-order valence-electron chi connectivity index (χ4n) is 2.95. The number of hydrogen-bond acceptors (Lipinski definition) is 6. The first kappa shape index (κ1) is 19.4. The number of pyridine rings is 1. The lowest BCUT2D eigenvalue weighted by molar-refractivity contribution is 0.102. The van der Waals surface area contributed by atoms with Gasteiger partial charge in [0.2, 0.25) is 5.89 Å². The number of carbonyl (C=O) groups is 1. The number of ether oxygens (including phenoxy) is 1. The van der Waals surface area contributed by atoms with Crippen LogP contribution in [0.3, 0.4) is 0 Å². The van der Waals surface area contributed by atoms with Crippen LogP contribution in [0.2, 0.25) is 0 Å². The number of oxazole rings is 1. The van der Waals surface area contributed by atoms with Crippen LogP contribution in [0.15, 0.2) is 65.3 Å². The number of amides is 1. The Morgan fingerprint density at radius 2 is 2.10 bits per heavy atom. The minimum Gasteiger partial charge on any atom is -0.507 e. The zero-order valence-electron chi connectivity index (χ0n) is 16.5. The number of aromatic hydroxyl groups is 1. The predicted octanol–water partition coefficient (Wildman–Crippen LogP) is 5.03. The highest BCUT2D eigenvalue weighted by molar-refractivity contribution is 6.04. The van der Waals surface area contributed by atoms with Crippen molar-refractivity contribution in [2.24, 2.45) is 0 Å². The predicted molar refractivity (Wildman–Crippen MR) is 114 cm³/mol. The Labute approximate surface area is 173 Å². The Balaban J connectivity index is 1.54. The largest absolute Gasteiger partial charge is 0.507 e. The number of phenolic OH excluding ortho intramolecular Hbond substituents is 1. The number of nitrogens with one attached hydrogen (secondary N) is 1. The molecule has 0 fully saturated rings. The molecule has 4 rings (SSSR count). The molecule has 1 amide bonds. The third-order valence-electron chi connectivity index (χ3n) is 4.54. The molecule has 2 heterocycles. The second kappa shape index (κ2) is 8.65. The second-order valence-corrected chi connectivity index (χ2v) is 6.78. The van der Waals surface area contributed by atoms with Crippen molar-refractivity contribution in [3.05, 3.63) is 66.5 Å². The van der Waals surface area contributed by atoms with Gasteiger partial charge in [0.1, 0.15) is 17.0 Å². The van der Waals surface area contributed by atoms with Crippen molar-refractivity contribution < 1.29 is 19.1 Å². The quantitative estimate of drug-likeness (QED) is 0.332. The Kier molecular flexibility index (Phi) is 5.61. The van der Waals surface area contributed by atoms with Gasteiger partial charge in [0, 0.05) is 23.5 Å². The van der Waals surface area contributed by atoms with Gasteiger partial charge in [0.15, 0.2) is 5.58 Å². The van der Waals surface area contributed by atoms with E-state index in [1.807, 2.05) is 6.07 Å². The third kappa shape index (κ3) is 4.25. The lowest BCUT2D eigenvalue weighted by Crippen LogP contribution is -2.12. The van der Waals surface area contributed by atoms with Gasteiger partial charge in [-0.15, -0.1) is 0 Å². The van der Waals surface area contributed by atoms with E-state index in [9.17, 15) is 9.90 Å². The van der Waals surface area contributed by atoms with Crippen LogP contribution < -0.4 is 10.1 Å². The molecule has 0 spiro atoms. The van der Waals surface area contributed by atoms with E-state index in [-0.39, 0.29) is 17.5 Å². The highest BCUT2D eigenvalue weighted by atomic mass is 16.5. The van der Waals surface area contributed by atoms with Crippen LogP contribution >= 0.6 is 0 Å². The number of phenols is 1. The minimum atomic E-state index is -0.283. The summed E-state index contributed by atoms with van der Waals surface area (Å²) in [6.07, 6.45) is 5.19. The molecule has 30 heavy (non-hydrogen) atoms. The molecule has 2 aromatic heterocycles. The fourth-order valence-corrected chi connectivity index (χ4v) is 2.95. The molecular formula is C23H21N3O4. The number of carbonyl (C=O) groups excluding carboxylic acids is 1. The van der Waals surface area contributed by atoms with E-state index in [1.54, 1.807) is 48.8 Å². The Bertz CT molecular complexity index is 1150. The van der Waals surface area contributed by atoms with Crippen molar-refractivity contribution in [3.63, 3.8) is 0 Å². The molecule has 152 valence electrons. The Hall–Kier alpha value is -3.87. The number of nitrogens with zero attached hydrogens (tertiary/aromatic N) is 2. The average molecular weight is 403 g/mol. The number of hydrogen-bond donors (Lipinski definition) is 2. The van der Waals surface area contributed by atoms with Crippen LogP contribution in [-0.2, 0) is 0 Å². The minimum absolute atomic E-state index is 0.00108. The number of aromatic nitrogens is 2. The zero-order chi connectivity index (χ0) is 20.9. The van der Waals surface area contributed by atoms with Crippen LogP contribution in [0.1, 0.15) is 30.1 Å². The van der Waals surface area contributed by atoms with E-state index in [2.05, 4.69) is 22.2 Å². The molecule has 0 saturated heterocycles. The van der Waals surface area contributed by atoms with E-state index in [0.717, 1.165) is 12.8 Å². The van der Waals surface area contributed by atoms with E-state index < -0.39 is 0 Å². The first-order valence-electron chi connectivity index (χ1n) is 9.72. The van der Waals surface area contributed by atoms with E-state index in [1.165, 1.54) is 6.07 Å². The van der Waals surface area contributed by atoms with Gasteiger partial charge in [-0.2, -0.15) is 0 Å². The summed E-state index contributed by atoms with van der Waals surface area (Å²) < 4.78 is 11.4. The fraction of sp³-hybridized carbons (Fsp3) is 0.174. The summed E-state index contributed by atoms with van der Waals surface area (Å²) in [4.78, 5) is 21.1. The summed E-state index contributed by atoms with van der Waals surface area (Å²) in [6, 6.07) is 13.5. The first-order chi connectivity index (χ1) is 14.6. The maximum absolute atomic E-state index is 12.7. The number of unbranched alkanes of at least 4 members (excludes halogenated alkanes) is 1. The summed E-state index contributed by atoms with van der Waals surface area (Å²) in [5.74, 6) is 0.619. The highest BCUT2D eigenvalue weighted by Crippen LogP contribution is 2.33. The Morgan fingerprint density at radius 1 is 1.20 bits per heavy atom. The van der Waals surface area contributed by atoms with Gasteiger partial charge in [-0.1, -0.05) is 19.4 Å². The topological polar surface area (TPSA) is 97.5 Å². The van der Waals surface area contributed by atoms with Gasteiger partial charge in [-0.3, -0.25) is 9.78 Å². The van der Waals surface area contributed by atoms with Gasteiger partial charge in [0.05, 0.1) is 18.4 Å². The van der Waals surface area contributed by atoms with Crippen molar-refractivity contribution in [1.29, 1.82) is 0 Å². The molecule has 7 heteroatoms. The van der Waals surface area contributed by atoms with Crippen LogP contribution in [0, 0.1) is 0 Å². The average Bonchev–Trinajstić information content (AvgIpc) is 3.19. The molecule has 0 bridgehead atoms. The van der Waals surface area contributed by atoms with Crippen molar-refractivity contribution in [2.45, 2.75) is 19.8 Å². The molecule has 0 atom stereocenters. The van der Waals surface area contributed by atoms with E-state index in [4.69, 9.17) is 9.15 Å². The first-order valence-corrected chi connectivity index (χ1v) is 9.72. The molecule has 0 unspecified atom stereocenters. The molecule has 0 radical (unpaired) electrons. The lowest BCUT2D eigenvalue weighted by Gasteiger charge is -2.09. The van der Waals surface area contributed by atoms with Crippen LogP contribution in [0.25, 0.3) is 22.6 Å². The molecule has 0 saturated carbocycles. The summed E-state index contributed by atoms with van der Waals surface area (Å²) >= 11 is 0. The van der Waals surface area contributed by atoms with Gasteiger partial charge in [0.25, 0.3) is 5.91 Å². The summed E-state index contributed by atoms with van der Waals surface area (Å²) in [5, 5.41) is 13.1. The van der Waals surface area contributed by atoms with Crippen molar-refractivity contribution in [1.82, 2.24) is 9.97 Å². The molecule has 4 aromatic rings. The number of benzene rings is 2. The number of anilines is 1. The molecule has 7 nitrogen and oxygen atoms in total. The molecule has 2 aromatic carbocycles. The van der Waals surface area contributed by atoms with Crippen LogP contribution in [0.5, 0.6) is 11.5 Å². The van der Waals surface area contributed by atoms with Crippen LogP contribution in [0.4, 0.5) is 5.69 Å². The van der Waals surface area contributed by atoms with Gasteiger partial charge in [-0.05, 0) is 42.8 Å². The zero-order valence-corrected chi connectivity index (χ0v) is 16.5. The summed E-state index contributed by atoms with van der Waals surface area (Å²) in [6.45, 7) is 2.71. The number of fused-ring (bicyclic) bond motifs is 1. The monoisotopic (exact) mass is 403 g/mol. The Morgan fingerprint density at radius 3 is 2.93 bits per heavy atom. The van der Waals surface area contributed by atoms with E-state index >= 15 is 0 Å². The smallest absolute Gasteiger partial charge is 0.255 e. The molecule has 0 aliphatic carbocycles. The van der Waals surface area contributed by atoms with E-state index in [0.29, 0.717) is 40.3 Å². The van der Waals surface area contributed by atoms with Gasteiger partial charge < -0.3 is 19.6 Å². The van der Waals surface area contributed by atoms with Gasteiger partial charge in [-0.25, -0.2) is 4.98 Å². The number of rotatable bonds is 7. The molecule has 2 N–H and O–H groups in total. The molecule has 0 aliphatic rings.